The van der Waals surface area contributed by atoms with Crippen molar-refractivity contribution >= 4 is 11.6 Å². The van der Waals surface area contributed by atoms with E-state index in [4.69, 9.17) is 0 Å². The van der Waals surface area contributed by atoms with Crippen LogP contribution in [0.5, 0.6) is 0 Å². The van der Waals surface area contributed by atoms with Gasteiger partial charge in [-0.25, -0.2) is 0 Å². The highest BCUT2D eigenvalue weighted by Crippen LogP contribution is 2.19. The van der Waals surface area contributed by atoms with Gasteiger partial charge in [0.1, 0.15) is 0 Å². The van der Waals surface area contributed by atoms with Gasteiger partial charge >= 0.3 is 0 Å². The van der Waals surface area contributed by atoms with Gasteiger partial charge in [0.25, 0.3) is 0 Å². The fraction of sp³-hybridized carbons (Fsp3) is 0.105. The maximum absolute atomic E-state index is 3.29. The Bertz CT molecular complexity index is 606. The second kappa shape index (κ2) is 6.58. The van der Waals surface area contributed by atoms with Crippen LogP contribution < -0.4 is 0 Å². The zero-order valence-corrected chi connectivity index (χ0v) is 11.4. The van der Waals surface area contributed by atoms with Gasteiger partial charge in [0, 0.05) is 0 Å². The van der Waals surface area contributed by atoms with Gasteiger partial charge in [-0.15, -0.1) is 5.73 Å². The van der Waals surface area contributed by atoms with Crippen molar-refractivity contribution in [3.63, 3.8) is 0 Å². The van der Waals surface area contributed by atoms with E-state index in [9.17, 15) is 0 Å². The van der Waals surface area contributed by atoms with Crippen LogP contribution in [-0.2, 0) is 0 Å². The van der Waals surface area contributed by atoms with E-state index in [0.29, 0.717) is 0 Å². The first-order chi connectivity index (χ1) is 9.25. The second-order valence-electron chi connectivity index (χ2n) is 4.67. The molecule has 0 bridgehead atoms. The topological polar surface area (TPSA) is 0 Å². The van der Waals surface area contributed by atoms with Gasteiger partial charge in [0.05, 0.1) is 0 Å². The highest BCUT2D eigenvalue weighted by molar-refractivity contribution is 5.87. The Morgan fingerprint density at radius 3 is 2.00 bits per heavy atom. The Morgan fingerprint density at radius 2 is 1.42 bits per heavy atom. The molecule has 0 heterocycles. The van der Waals surface area contributed by atoms with Crippen LogP contribution in [0.15, 0.2) is 78.0 Å². The lowest BCUT2D eigenvalue weighted by atomic mass is 10.0. The van der Waals surface area contributed by atoms with E-state index in [-0.39, 0.29) is 0 Å². The maximum atomic E-state index is 3.29. The summed E-state index contributed by atoms with van der Waals surface area (Å²) in [6.07, 6.45) is 4.24. The SMILES string of the molecule is CC(C)=C=C/C(=C/c1ccccc1)c1ccccc1. The highest BCUT2D eigenvalue weighted by atomic mass is 14.0. The molecule has 0 heteroatoms. The van der Waals surface area contributed by atoms with E-state index in [1.165, 1.54) is 22.3 Å². The van der Waals surface area contributed by atoms with Crippen LogP contribution in [0.3, 0.4) is 0 Å². The number of hydrogen-bond donors (Lipinski definition) is 0. The van der Waals surface area contributed by atoms with E-state index >= 15 is 0 Å². The van der Waals surface area contributed by atoms with E-state index in [0.717, 1.165) is 0 Å². The van der Waals surface area contributed by atoms with Crippen LogP contribution in [0.1, 0.15) is 25.0 Å². The summed E-state index contributed by atoms with van der Waals surface area (Å²) in [6.45, 7) is 4.11. The molecule has 0 saturated carbocycles. The fourth-order valence-electron chi connectivity index (χ4n) is 1.79. The van der Waals surface area contributed by atoms with E-state index in [1.54, 1.807) is 0 Å². The summed E-state index contributed by atoms with van der Waals surface area (Å²) in [5.74, 6) is 0. The molecule has 0 aliphatic carbocycles. The Balaban J connectivity index is 2.47. The maximum Gasteiger partial charge on any atom is -0.0101 e. The molecule has 2 rings (SSSR count). The third kappa shape index (κ3) is 4.13. The van der Waals surface area contributed by atoms with E-state index in [1.807, 2.05) is 12.1 Å². The van der Waals surface area contributed by atoms with Gasteiger partial charge in [0.2, 0.25) is 0 Å². The minimum atomic E-state index is 1.17. The Hall–Kier alpha value is -2.30. The Morgan fingerprint density at radius 1 is 0.842 bits per heavy atom. The number of rotatable bonds is 3. The van der Waals surface area contributed by atoms with Crippen LogP contribution >= 0.6 is 0 Å². The molecule has 0 nitrogen and oxygen atoms in total. The lowest BCUT2D eigenvalue weighted by molar-refractivity contribution is 1.41. The molecule has 0 amide bonds. The molecule has 2 aromatic rings. The molecule has 0 fully saturated rings. The summed E-state index contributed by atoms with van der Waals surface area (Å²) in [6, 6.07) is 20.8. The molecule has 0 radical (unpaired) electrons. The standard InChI is InChI=1S/C19H18/c1-16(2)13-14-19(18-11-7-4-8-12-18)15-17-9-5-3-6-10-17/h3-12,14-15H,1-2H3/b19-15-. The summed E-state index contributed by atoms with van der Waals surface area (Å²) in [7, 11) is 0. The van der Waals surface area contributed by atoms with Crippen molar-refractivity contribution in [3.8, 4) is 0 Å². The summed E-state index contributed by atoms with van der Waals surface area (Å²) in [5.41, 5.74) is 8.05. The predicted molar refractivity (Wildman–Crippen MR) is 83.7 cm³/mol. The molecule has 0 unspecified atom stereocenters. The molecule has 2 aromatic carbocycles. The first kappa shape index (κ1) is 13.1. The van der Waals surface area contributed by atoms with Gasteiger partial charge in [-0.05, 0) is 48.3 Å². The molecule has 0 spiro atoms. The highest BCUT2D eigenvalue weighted by Gasteiger charge is 1.97. The normalized spacial score (nSPS) is 10.7. The second-order valence-corrected chi connectivity index (χ2v) is 4.67. The zero-order chi connectivity index (χ0) is 13.5. The predicted octanol–water partition coefficient (Wildman–Crippen LogP) is 5.35. The lowest BCUT2D eigenvalue weighted by Crippen LogP contribution is -1.80. The molecular weight excluding hydrogens is 228 g/mol. The average Bonchev–Trinajstić information content (AvgIpc) is 2.45. The van der Waals surface area contributed by atoms with Gasteiger partial charge < -0.3 is 0 Å². The first-order valence-electron chi connectivity index (χ1n) is 6.48. The monoisotopic (exact) mass is 246 g/mol. The molecule has 0 aliphatic heterocycles. The summed E-state index contributed by atoms with van der Waals surface area (Å²) >= 11 is 0. The van der Waals surface area contributed by atoms with Crippen LogP contribution in [0.25, 0.3) is 11.6 Å². The van der Waals surface area contributed by atoms with Gasteiger partial charge in [-0.1, -0.05) is 60.7 Å². The molecule has 0 atom stereocenters. The summed E-state index contributed by atoms with van der Waals surface area (Å²) in [4.78, 5) is 0. The molecule has 0 aliphatic rings. The largest absolute Gasteiger partial charge is 0.122 e. The van der Waals surface area contributed by atoms with Crippen molar-refractivity contribution in [2.75, 3.05) is 0 Å². The van der Waals surface area contributed by atoms with Crippen LogP contribution in [-0.4, -0.2) is 0 Å². The third-order valence-corrected chi connectivity index (χ3v) is 2.75. The molecule has 0 N–H and O–H groups in total. The lowest BCUT2D eigenvalue weighted by Gasteiger charge is -2.02. The van der Waals surface area contributed by atoms with Crippen LogP contribution in [0, 0.1) is 0 Å². The average molecular weight is 246 g/mol. The third-order valence-electron chi connectivity index (χ3n) is 2.75. The Labute approximate surface area is 115 Å². The first-order valence-corrected chi connectivity index (χ1v) is 6.48. The van der Waals surface area contributed by atoms with Crippen LogP contribution in [0.4, 0.5) is 0 Å². The minimum Gasteiger partial charge on any atom is -0.122 e. The Kier molecular flexibility index (Phi) is 4.55. The van der Waals surface area contributed by atoms with Crippen molar-refractivity contribution in [3.05, 3.63) is 89.2 Å². The van der Waals surface area contributed by atoms with Gasteiger partial charge in [-0.2, -0.15) is 0 Å². The smallest absolute Gasteiger partial charge is 0.0101 e. The van der Waals surface area contributed by atoms with Crippen molar-refractivity contribution in [1.82, 2.24) is 0 Å². The number of benzene rings is 2. The fourth-order valence-corrected chi connectivity index (χ4v) is 1.79. The van der Waals surface area contributed by atoms with Crippen LogP contribution in [0.2, 0.25) is 0 Å². The van der Waals surface area contributed by atoms with Gasteiger partial charge in [-0.3, -0.25) is 0 Å². The zero-order valence-electron chi connectivity index (χ0n) is 11.4. The minimum absolute atomic E-state index is 1.17. The molecule has 0 saturated heterocycles. The van der Waals surface area contributed by atoms with Crippen molar-refractivity contribution in [2.45, 2.75) is 13.8 Å². The summed E-state index contributed by atoms with van der Waals surface area (Å²) in [5, 5.41) is 0. The van der Waals surface area contributed by atoms with Crippen molar-refractivity contribution in [2.24, 2.45) is 0 Å². The van der Waals surface area contributed by atoms with Crippen molar-refractivity contribution < 1.29 is 0 Å². The molecular formula is C19H18. The number of hydrogen-bond acceptors (Lipinski definition) is 0. The van der Waals surface area contributed by atoms with E-state index in [2.05, 4.69) is 80.3 Å². The molecule has 19 heavy (non-hydrogen) atoms. The quantitative estimate of drug-likeness (QED) is 0.389. The number of allylic oxidation sites excluding steroid dienone is 2. The van der Waals surface area contributed by atoms with Gasteiger partial charge in [0.15, 0.2) is 0 Å². The van der Waals surface area contributed by atoms with E-state index < -0.39 is 0 Å². The summed E-state index contributed by atoms with van der Waals surface area (Å²) < 4.78 is 0. The molecule has 94 valence electrons. The molecule has 0 aromatic heterocycles. The van der Waals surface area contributed by atoms with Crippen molar-refractivity contribution in [1.29, 1.82) is 0 Å².